The predicted octanol–water partition coefficient (Wildman–Crippen LogP) is 3.28. The molecular formula is C12H13N. The SMILES string of the molecule is C=C(C)c1c(C)cc2ccccn12. The number of fused-ring (bicyclic) bond motifs is 1. The van der Waals surface area contributed by atoms with Crippen molar-refractivity contribution >= 4 is 11.1 Å². The van der Waals surface area contributed by atoms with Crippen LogP contribution in [0.5, 0.6) is 0 Å². The molecule has 0 fully saturated rings. The molecule has 0 saturated heterocycles. The summed E-state index contributed by atoms with van der Waals surface area (Å²) in [6.45, 7) is 8.15. The maximum Gasteiger partial charge on any atom is 0.0508 e. The molecule has 2 rings (SSSR count). The molecule has 0 saturated carbocycles. The highest BCUT2D eigenvalue weighted by molar-refractivity contribution is 5.68. The summed E-state index contributed by atoms with van der Waals surface area (Å²) in [6, 6.07) is 8.39. The lowest BCUT2D eigenvalue weighted by molar-refractivity contribution is 1.15. The van der Waals surface area contributed by atoms with Crippen LogP contribution in [0.15, 0.2) is 37.0 Å². The van der Waals surface area contributed by atoms with E-state index in [9.17, 15) is 0 Å². The van der Waals surface area contributed by atoms with E-state index in [1.165, 1.54) is 16.8 Å². The van der Waals surface area contributed by atoms with Crippen LogP contribution < -0.4 is 0 Å². The van der Waals surface area contributed by atoms with Crippen molar-refractivity contribution in [3.05, 3.63) is 48.3 Å². The van der Waals surface area contributed by atoms with Gasteiger partial charge >= 0.3 is 0 Å². The minimum Gasteiger partial charge on any atom is -0.317 e. The number of allylic oxidation sites excluding steroid dienone is 1. The molecule has 0 aliphatic rings. The van der Waals surface area contributed by atoms with Crippen LogP contribution >= 0.6 is 0 Å². The first kappa shape index (κ1) is 8.11. The maximum absolute atomic E-state index is 3.99. The molecule has 1 heteroatoms. The van der Waals surface area contributed by atoms with E-state index in [1.807, 2.05) is 13.0 Å². The predicted molar refractivity (Wildman–Crippen MR) is 56.8 cm³/mol. The van der Waals surface area contributed by atoms with Crippen LogP contribution in [0.1, 0.15) is 18.2 Å². The van der Waals surface area contributed by atoms with Gasteiger partial charge in [-0.05, 0) is 43.2 Å². The van der Waals surface area contributed by atoms with E-state index in [-0.39, 0.29) is 0 Å². The topological polar surface area (TPSA) is 4.41 Å². The number of rotatable bonds is 1. The smallest absolute Gasteiger partial charge is 0.0508 e. The lowest BCUT2D eigenvalue weighted by atomic mass is 10.2. The van der Waals surface area contributed by atoms with Gasteiger partial charge in [-0.3, -0.25) is 0 Å². The maximum atomic E-state index is 3.99. The molecule has 0 atom stereocenters. The highest BCUT2D eigenvalue weighted by Crippen LogP contribution is 2.21. The van der Waals surface area contributed by atoms with E-state index in [4.69, 9.17) is 0 Å². The van der Waals surface area contributed by atoms with Gasteiger partial charge in [0.15, 0.2) is 0 Å². The number of nitrogens with zero attached hydrogens (tertiary/aromatic N) is 1. The van der Waals surface area contributed by atoms with Crippen molar-refractivity contribution in [3.63, 3.8) is 0 Å². The molecule has 0 spiro atoms. The molecule has 2 aromatic rings. The number of hydrogen-bond acceptors (Lipinski definition) is 0. The molecule has 66 valence electrons. The lowest BCUT2D eigenvalue weighted by Crippen LogP contribution is -1.89. The van der Waals surface area contributed by atoms with E-state index < -0.39 is 0 Å². The Kier molecular flexibility index (Phi) is 1.73. The molecule has 0 bridgehead atoms. The average Bonchev–Trinajstić information content (AvgIpc) is 2.39. The van der Waals surface area contributed by atoms with E-state index >= 15 is 0 Å². The minimum absolute atomic E-state index is 1.11. The summed E-state index contributed by atoms with van der Waals surface area (Å²) in [4.78, 5) is 0. The van der Waals surface area contributed by atoms with Crippen LogP contribution in [0.4, 0.5) is 0 Å². The summed E-state index contributed by atoms with van der Waals surface area (Å²) < 4.78 is 2.18. The van der Waals surface area contributed by atoms with Crippen molar-refractivity contribution in [1.82, 2.24) is 4.40 Å². The van der Waals surface area contributed by atoms with Crippen molar-refractivity contribution < 1.29 is 0 Å². The highest BCUT2D eigenvalue weighted by Gasteiger charge is 2.05. The van der Waals surface area contributed by atoms with Gasteiger partial charge in [-0.15, -0.1) is 0 Å². The Morgan fingerprint density at radius 3 is 2.85 bits per heavy atom. The van der Waals surface area contributed by atoms with Gasteiger partial charge in [0.1, 0.15) is 0 Å². The van der Waals surface area contributed by atoms with Crippen molar-refractivity contribution in [2.45, 2.75) is 13.8 Å². The first-order chi connectivity index (χ1) is 6.20. The van der Waals surface area contributed by atoms with Gasteiger partial charge in [-0.1, -0.05) is 12.6 Å². The van der Waals surface area contributed by atoms with Crippen LogP contribution in [0, 0.1) is 6.92 Å². The Bertz CT molecular complexity index is 463. The molecule has 2 aromatic heterocycles. The molecule has 0 aliphatic heterocycles. The quantitative estimate of drug-likeness (QED) is 0.620. The van der Waals surface area contributed by atoms with E-state index in [0.717, 1.165) is 5.57 Å². The fraction of sp³-hybridized carbons (Fsp3) is 0.167. The van der Waals surface area contributed by atoms with E-state index in [0.29, 0.717) is 0 Å². The monoisotopic (exact) mass is 171 g/mol. The van der Waals surface area contributed by atoms with Gasteiger partial charge in [0.05, 0.1) is 5.69 Å². The molecule has 0 aromatic carbocycles. The third-order valence-corrected chi connectivity index (χ3v) is 2.27. The number of hydrogen-bond donors (Lipinski definition) is 0. The minimum atomic E-state index is 1.11. The molecular weight excluding hydrogens is 158 g/mol. The molecule has 13 heavy (non-hydrogen) atoms. The zero-order valence-corrected chi connectivity index (χ0v) is 8.04. The molecule has 0 radical (unpaired) electrons. The van der Waals surface area contributed by atoms with Gasteiger partial charge < -0.3 is 4.40 Å². The van der Waals surface area contributed by atoms with E-state index in [1.54, 1.807) is 0 Å². The van der Waals surface area contributed by atoms with Crippen molar-refractivity contribution in [2.24, 2.45) is 0 Å². The highest BCUT2D eigenvalue weighted by atomic mass is 14.9. The van der Waals surface area contributed by atoms with Gasteiger partial charge in [0.25, 0.3) is 0 Å². The first-order valence-corrected chi connectivity index (χ1v) is 4.42. The summed E-state index contributed by atoms with van der Waals surface area (Å²) in [5.74, 6) is 0. The van der Waals surface area contributed by atoms with Crippen LogP contribution in [0.3, 0.4) is 0 Å². The first-order valence-electron chi connectivity index (χ1n) is 4.42. The fourth-order valence-electron chi connectivity index (χ4n) is 1.80. The van der Waals surface area contributed by atoms with Crippen LogP contribution in [0.25, 0.3) is 11.1 Å². The van der Waals surface area contributed by atoms with Gasteiger partial charge in [-0.2, -0.15) is 0 Å². The summed E-state index contributed by atoms with van der Waals surface area (Å²) in [5, 5.41) is 0. The fourth-order valence-corrected chi connectivity index (χ4v) is 1.80. The molecule has 1 nitrogen and oxygen atoms in total. The molecule has 0 unspecified atom stereocenters. The largest absolute Gasteiger partial charge is 0.317 e. The molecule has 0 aliphatic carbocycles. The molecule has 2 heterocycles. The summed E-state index contributed by atoms with van der Waals surface area (Å²) in [6.07, 6.45) is 2.08. The van der Waals surface area contributed by atoms with Crippen molar-refractivity contribution in [1.29, 1.82) is 0 Å². The molecule has 0 amide bonds. The standard InChI is InChI=1S/C12H13N/c1-9(2)12-10(3)8-11-6-4-5-7-13(11)12/h4-8H,1H2,2-3H3. The van der Waals surface area contributed by atoms with Crippen LogP contribution in [-0.2, 0) is 0 Å². The normalized spacial score (nSPS) is 10.6. The lowest BCUT2D eigenvalue weighted by Gasteiger charge is -2.02. The second-order valence-corrected chi connectivity index (χ2v) is 3.45. The second-order valence-electron chi connectivity index (χ2n) is 3.45. The Hall–Kier alpha value is -1.50. The Labute approximate surface area is 78.3 Å². The Balaban J connectivity index is 2.86. The molecule has 0 N–H and O–H groups in total. The summed E-state index contributed by atoms with van der Waals surface area (Å²) in [7, 11) is 0. The van der Waals surface area contributed by atoms with Gasteiger partial charge in [0, 0.05) is 11.7 Å². The van der Waals surface area contributed by atoms with Crippen molar-refractivity contribution in [3.8, 4) is 0 Å². The average molecular weight is 171 g/mol. The van der Waals surface area contributed by atoms with Gasteiger partial charge in [-0.25, -0.2) is 0 Å². The third-order valence-electron chi connectivity index (χ3n) is 2.27. The van der Waals surface area contributed by atoms with Crippen LogP contribution in [0.2, 0.25) is 0 Å². The summed E-state index contributed by atoms with van der Waals surface area (Å²) >= 11 is 0. The number of pyridine rings is 1. The number of aromatic nitrogens is 1. The summed E-state index contributed by atoms with van der Waals surface area (Å²) in [5.41, 5.74) is 4.87. The zero-order chi connectivity index (χ0) is 9.42. The Morgan fingerprint density at radius 1 is 1.38 bits per heavy atom. The number of aryl methyl sites for hydroxylation is 1. The zero-order valence-electron chi connectivity index (χ0n) is 8.04. The second kappa shape index (κ2) is 2.77. The van der Waals surface area contributed by atoms with Crippen molar-refractivity contribution in [2.75, 3.05) is 0 Å². The van der Waals surface area contributed by atoms with E-state index in [2.05, 4.69) is 42.3 Å². The third kappa shape index (κ3) is 1.17. The van der Waals surface area contributed by atoms with Crippen LogP contribution in [-0.4, -0.2) is 4.40 Å². The Morgan fingerprint density at radius 2 is 2.15 bits per heavy atom. The van der Waals surface area contributed by atoms with Gasteiger partial charge in [0.2, 0.25) is 0 Å².